The summed E-state index contributed by atoms with van der Waals surface area (Å²) in [5, 5.41) is 9.75. The Bertz CT molecular complexity index is 3630. The van der Waals surface area contributed by atoms with Gasteiger partial charge in [-0.05, 0) is 97.0 Å². The van der Waals surface area contributed by atoms with Crippen molar-refractivity contribution in [1.29, 1.82) is 0 Å². The second-order valence-electron chi connectivity index (χ2n) is 15.6. The molecule has 0 aliphatic carbocycles. The number of hydrogen-bond acceptors (Lipinski definition) is 3. The second-order valence-corrected chi connectivity index (χ2v) is 15.6. The van der Waals surface area contributed by atoms with Crippen molar-refractivity contribution in [3.63, 3.8) is 0 Å². The average molecular weight is 777 g/mol. The van der Waals surface area contributed by atoms with Gasteiger partial charge in [0.15, 0.2) is 17.5 Å². The van der Waals surface area contributed by atoms with Crippen LogP contribution in [0.5, 0.6) is 0 Å². The van der Waals surface area contributed by atoms with Crippen LogP contribution < -0.4 is 0 Å². The first-order chi connectivity index (χ1) is 30.2. The SMILES string of the molecule is c1ccc(-c2ccccc2-c2nc(-c3ccc(-c4c5ccccc5cc5c4ccc4ccccc45)cc3)nc(-c3ccc4c(c3)c3ccccc3n4-c3ccccc3)n2)cc1. The fourth-order valence-electron chi connectivity index (χ4n) is 9.19. The Hall–Kier alpha value is -8.21. The smallest absolute Gasteiger partial charge is 0.164 e. The zero-order chi connectivity index (χ0) is 40.3. The zero-order valence-electron chi connectivity index (χ0n) is 33.1. The Balaban J connectivity index is 1.05. The Morgan fingerprint density at radius 3 is 1.66 bits per heavy atom. The van der Waals surface area contributed by atoms with Crippen LogP contribution in [-0.4, -0.2) is 19.5 Å². The van der Waals surface area contributed by atoms with E-state index in [2.05, 4.69) is 217 Å². The maximum Gasteiger partial charge on any atom is 0.164 e. The van der Waals surface area contributed by atoms with Gasteiger partial charge in [0.05, 0.1) is 11.0 Å². The Morgan fingerprint density at radius 1 is 0.279 bits per heavy atom. The monoisotopic (exact) mass is 776 g/mol. The lowest BCUT2D eigenvalue weighted by Crippen LogP contribution is -2.01. The van der Waals surface area contributed by atoms with Crippen molar-refractivity contribution in [2.24, 2.45) is 0 Å². The molecule has 0 saturated heterocycles. The van der Waals surface area contributed by atoms with E-state index in [-0.39, 0.29) is 0 Å². The van der Waals surface area contributed by atoms with Gasteiger partial charge < -0.3 is 4.57 Å². The lowest BCUT2D eigenvalue weighted by molar-refractivity contribution is 1.07. The van der Waals surface area contributed by atoms with E-state index in [4.69, 9.17) is 15.0 Å². The molecule has 0 aliphatic heterocycles. The standard InChI is InChI=1S/C57H36N4/c1-3-15-37(16-4-1)44-21-11-12-25-49(44)57-59-55(58-56(60-57)42-32-34-53-51(36-42)47-24-13-14-26-52(47)61(53)43-19-5-2-6-20-43)40-29-27-39(28-30-40)54-46-23-10-8-18-41(46)35-50-45-22-9-7-17-38(45)31-33-48(50)54/h1-36H. The molecule has 4 nitrogen and oxygen atoms in total. The van der Waals surface area contributed by atoms with Crippen LogP contribution in [0.25, 0.3) is 116 Å². The molecular weight excluding hydrogens is 741 g/mol. The molecule has 0 amide bonds. The molecule has 4 heteroatoms. The minimum Gasteiger partial charge on any atom is -0.309 e. The molecule has 0 unspecified atom stereocenters. The van der Waals surface area contributed by atoms with E-state index in [1.165, 1.54) is 43.3 Å². The maximum atomic E-state index is 5.27. The van der Waals surface area contributed by atoms with Crippen molar-refractivity contribution in [2.45, 2.75) is 0 Å². The molecule has 12 rings (SSSR count). The largest absolute Gasteiger partial charge is 0.309 e. The van der Waals surface area contributed by atoms with Crippen molar-refractivity contribution in [3.8, 4) is 62.1 Å². The third-order valence-corrected chi connectivity index (χ3v) is 12.0. The molecule has 0 fully saturated rings. The molecule has 2 aromatic heterocycles. The molecule has 0 aliphatic rings. The molecule has 10 aromatic carbocycles. The summed E-state index contributed by atoms with van der Waals surface area (Å²) in [7, 11) is 0. The molecule has 0 N–H and O–H groups in total. The van der Waals surface area contributed by atoms with Gasteiger partial charge in [0, 0.05) is 33.2 Å². The summed E-state index contributed by atoms with van der Waals surface area (Å²) in [6, 6.07) is 77.5. The van der Waals surface area contributed by atoms with E-state index in [1.807, 2.05) is 6.07 Å². The van der Waals surface area contributed by atoms with Gasteiger partial charge >= 0.3 is 0 Å². The van der Waals surface area contributed by atoms with E-state index in [0.29, 0.717) is 17.5 Å². The van der Waals surface area contributed by atoms with Crippen LogP contribution in [0.1, 0.15) is 0 Å². The molecule has 0 atom stereocenters. The maximum absolute atomic E-state index is 5.27. The topological polar surface area (TPSA) is 43.6 Å². The highest BCUT2D eigenvalue weighted by atomic mass is 15.0. The van der Waals surface area contributed by atoms with Crippen LogP contribution in [0.2, 0.25) is 0 Å². The van der Waals surface area contributed by atoms with Crippen LogP contribution >= 0.6 is 0 Å². The summed E-state index contributed by atoms with van der Waals surface area (Å²) in [6.07, 6.45) is 0. The first-order valence-corrected chi connectivity index (χ1v) is 20.7. The summed E-state index contributed by atoms with van der Waals surface area (Å²) in [5.74, 6) is 1.87. The Morgan fingerprint density at radius 2 is 0.852 bits per heavy atom. The molecular formula is C57H36N4. The van der Waals surface area contributed by atoms with Gasteiger partial charge in [0.25, 0.3) is 0 Å². The third-order valence-electron chi connectivity index (χ3n) is 12.0. The van der Waals surface area contributed by atoms with E-state index < -0.39 is 0 Å². The molecule has 61 heavy (non-hydrogen) atoms. The number of rotatable bonds is 6. The first-order valence-electron chi connectivity index (χ1n) is 20.7. The number of benzene rings is 10. The molecule has 12 aromatic rings. The molecule has 2 heterocycles. The second kappa shape index (κ2) is 14.3. The highest BCUT2D eigenvalue weighted by Gasteiger charge is 2.19. The van der Waals surface area contributed by atoms with Gasteiger partial charge in [-0.3, -0.25) is 0 Å². The minimum atomic E-state index is 0.620. The number of aromatic nitrogens is 4. The first kappa shape index (κ1) is 34.8. The van der Waals surface area contributed by atoms with Crippen LogP contribution in [0.3, 0.4) is 0 Å². The van der Waals surface area contributed by atoms with Crippen LogP contribution in [-0.2, 0) is 0 Å². The zero-order valence-corrected chi connectivity index (χ0v) is 33.1. The summed E-state index contributed by atoms with van der Waals surface area (Å²) in [4.78, 5) is 15.8. The fourth-order valence-corrected chi connectivity index (χ4v) is 9.19. The summed E-state index contributed by atoms with van der Waals surface area (Å²) < 4.78 is 2.33. The molecule has 0 saturated carbocycles. The minimum absolute atomic E-state index is 0.620. The van der Waals surface area contributed by atoms with Gasteiger partial charge in [0.2, 0.25) is 0 Å². The predicted molar refractivity (Wildman–Crippen MR) is 254 cm³/mol. The number of fused-ring (bicyclic) bond motifs is 7. The van der Waals surface area contributed by atoms with Crippen molar-refractivity contribution >= 4 is 54.1 Å². The highest BCUT2D eigenvalue weighted by molar-refractivity contribution is 6.20. The van der Waals surface area contributed by atoms with Crippen molar-refractivity contribution in [3.05, 3.63) is 218 Å². The highest BCUT2D eigenvalue weighted by Crippen LogP contribution is 2.41. The fraction of sp³-hybridized carbons (Fsp3) is 0. The quantitative estimate of drug-likeness (QED) is 0.125. The lowest BCUT2D eigenvalue weighted by atomic mass is 9.89. The molecule has 0 radical (unpaired) electrons. The van der Waals surface area contributed by atoms with Crippen LogP contribution in [0, 0.1) is 0 Å². The Labute approximate surface area is 352 Å². The van der Waals surface area contributed by atoms with Gasteiger partial charge in [-0.25, -0.2) is 15.0 Å². The van der Waals surface area contributed by atoms with E-state index >= 15 is 0 Å². The molecule has 0 bridgehead atoms. The third kappa shape index (κ3) is 5.88. The average Bonchev–Trinajstić information content (AvgIpc) is 3.67. The van der Waals surface area contributed by atoms with E-state index in [9.17, 15) is 0 Å². The normalized spacial score (nSPS) is 11.6. The summed E-state index contributed by atoms with van der Waals surface area (Å²) in [5.41, 5.74) is 10.7. The number of hydrogen-bond donors (Lipinski definition) is 0. The van der Waals surface area contributed by atoms with Crippen molar-refractivity contribution in [2.75, 3.05) is 0 Å². The predicted octanol–water partition coefficient (Wildman–Crippen LogP) is 14.8. The van der Waals surface area contributed by atoms with Gasteiger partial charge in [-0.2, -0.15) is 0 Å². The Kier molecular flexibility index (Phi) is 8.13. The summed E-state index contributed by atoms with van der Waals surface area (Å²) in [6.45, 7) is 0. The van der Waals surface area contributed by atoms with E-state index in [1.54, 1.807) is 0 Å². The molecule has 284 valence electrons. The van der Waals surface area contributed by atoms with Gasteiger partial charge in [-0.1, -0.05) is 176 Å². The number of nitrogens with zero attached hydrogens (tertiary/aromatic N) is 4. The van der Waals surface area contributed by atoms with Gasteiger partial charge in [-0.15, -0.1) is 0 Å². The van der Waals surface area contributed by atoms with Crippen LogP contribution in [0.15, 0.2) is 218 Å². The van der Waals surface area contributed by atoms with Crippen molar-refractivity contribution < 1.29 is 0 Å². The van der Waals surface area contributed by atoms with Gasteiger partial charge in [0.1, 0.15) is 0 Å². The van der Waals surface area contributed by atoms with Crippen LogP contribution in [0.4, 0.5) is 0 Å². The summed E-state index contributed by atoms with van der Waals surface area (Å²) >= 11 is 0. The van der Waals surface area contributed by atoms with Crippen molar-refractivity contribution in [1.82, 2.24) is 19.5 Å². The molecule has 0 spiro atoms. The van der Waals surface area contributed by atoms with E-state index in [0.717, 1.165) is 55.5 Å². The lowest BCUT2D eigenvalue weighted by Gasteiger charge is -2.15. The number of para-hydroxylation sites is 2.